The van der Waals surface area contributed by atoms with Gasteiger partial charge in [0.05, 0.1) is 7.11 Å². The highest BCUT2D eigenvalue weighted by atomic mass is 32.2. The SMILES string of the molecule is COC(=O)CN(C)C(=O)N[C@H](CCSC)C(=O)O. The van der Waals surface area contributed by atoms with Crippen molar-refractivity contribution in [1.82, 2.24) is 10.2 Å². The van der Waals surface area contributed by atoms with Crippen LogP contribution in [0, 0.1) is 0 Å². The Kier molecular flexibility index (Phi) is 7.93. The number of esters is 1. The van der Waals surface area contributed by atoms with Crippen molar-refractivity contribution in [2.75, 3.05) is 32.7 Å². The van der Waals surface area contributed by atoms with Crippen molar-refractivity contribution in [2.24, 2.45) is 0 Å². The van der Waals surface area contributed by atoms with Crippen molar-refractivity contribution in [3.8, 4) is 0 Å². The molecule has 0 aromatic carbocycles. The molecule has 2 N–H and O–H groups in total. The molecule has 104 valence electrons. The van der Waals surface area contributed by atoms with Gasteiger partial charge >= 0.3 is 18.0 Å². The van der Waals surface area contributed by atoms with Crippen LogP contribution in [0.25, 0.3) is 0 Å². The Morgan fingerprint density at radius 2 is 2.06 bits per heavy atom. The summed E-state index contributed by atoms with van der Waals surface area (Å²) in [6.07, 6.45) is 2.18. The second kappa shape index (κ2) is 8.62. The van der Waals surface area contributed by atoms with Crippen molar-refractivity contribution in [1.29, 1.82) is 0 Å². The molecule has 0 heterocycles. The minimum atomic E-state index is -1.09. The van der Waals surface area contributed by atoms with Crippen molar-refractivity contribution in [3.05, 3.63) is 0 Å². The standard InChI is InChI=1S/C10H18N2O5S/c1-12(6-8(13)17-2)10(16)11-7(9(14)15)4-5-18-3/h7H,4-6H2,1-3H3,(H,11,16)(H,14,15)/t7-/m1/s1. The third kappa shape index (κ3) is 6.33. The molecule has 0 bridgehead atoms. The maximum Gasteiger partial charge on any atom is 0.326 e. The molecule has 0 aromatic heterocycles. The fourth-order valence-electron chi connectivity index (χ4n) is 1.08. The maximum absolute atomic E-state index is 11.6. The van der Waals surface area contributed by atoms with Gasteiger partial charge in [0, 0.05) is 7.05 Å². The number of carboxylic acids is 1. The first-order valence-electron chi connectivity index (χ1n) is 5.22. The van der Waals surface area contributed by atoms with Gasteiger partial charge in [-0.3, -0.25) is 4.79 Å². The second-order valence-electron chi connectivity index (χ2n) is 3.55. The van der Waals surface area contributed by atoms with Gasteiger partial charge in [-0.1, -0.05) is 0 Å². The van der Waals surface area contributed by atoms with Gasteiger partial charge in [0.1, 0.15) is 12.6 Å². The first-order valence-corrected chi connectivity index (χ1v) is 6.62. The highest BCUT2D eigenvalue weighted by molar-refractivity contribution is 7.98. The Bertz CT molecular complexity index is 311. The largest absolute Gasteiger partial charge is 0.480 e. The molecular formula is C10H18N2O5S. The van der Waals surface area contributed by atoms with E-state index >= 15 is 0 Å². The monoisotopic (exact) mass is 278 g/mol. The van der Waals surface area contributed by atoms with Crippen LogP contribution in [-0.4, -0.2) is 66.7 Å². The number of likely N-dealkylation sites (N-methyl/N-ethyl adjacent to an activating group) is 1. The number of thioether (sulfide) groups is 1. The van der Waals surface area contributed by atoms with E-state index in [1.54, 1.807) is 0 Å². The number of nitrogens with one attached hydrogen (secondary N) is 1. The zero-order chi connectivity index (χ0) is 14.1. The third-order valence-corrected chi connectivity index (χ3v) is 2.79. The summed E-state index contributed by atoms with van der Waals surface area (Å²) in [5, 5.41) is 11.3. The van der Waals surface area contributed by atoms with Crippen LogP contribution in [0.4, 0.5) is 4.79 Å². The zero-order valence-electron chi connectivity index (χ0n) is 10.6. The second-order valence-corrected chi connectivity index (χ2v) is 4.54. The van der Waals surface area contributed by atoms with Gasteiger partial charge in [0.2, 0.25) is 0 Å². The molecule has 0 spiro atoms. The van der Waals surface area contributed by atoms with Gasteiger partial charge in [0.15, 0.2) is 0 Å². The highest BCUT2D eigenvalue weighted by Gasteiger charge is 2.22. The van der Waals surface area contributed by atoms with Crippen molar-refractivity contribution < 1.29 is 24.2 Å². The van der Waals surface area contributed by atoms with Crippen LogP contribution >= 0.6 is 11.8 Å². The van der Waals surface area contributed by atoms with Crippen molar-refractivity contribution in [2.45, 2.75) is 12.5 Å². The third-order valence-electron chi connectivity index (χ3n) is 2.15. The first-order chi connectivity index (χ1) is 8.42. The average Bonchev–Trinajstić information content (AvgIpc) is 2.33. The summed E-state index contributed by atoms with van der Waals surface area (Å²) in [5.41, 5.74) is 0. The van der Waals surface area contributed by atoms with E-state index in [-0.39, 0.29) is 6.54 Å². The van der Waals surface area contributed by atoms with E-state index in [0.29, 0.717) is 12.2 Å². The van der Waals surface area contributed by atoms with E-state index in [1.165, 1.54) is 25.9 Å². The number of hydrogen-bond donors (Lipinski definition) is 2. The van der Waals surface area contributed by atoms with Crippen LogP contribution in [0.3, 0.4) is 0 Å². The van der Waals surface area contributed by atoms with E-state index in [1.807, 2.05) is 6.26 Å². The molecule has 0 aliphatic rings. The molecule has 18 heavy (non-hydrogen) atoms. The Labute approximate surface area is 110 Å². The Hall–Kier alpha value is -1.44. The van der Waals surface area contributed by atoms with Gasteiger partial charge in [0.25, 0.3) is 0 Å². The summed E-state index contributed by atoms with van der Waals surface area (Å²) in [4.78, 5) is 34.5. The molecule has 7 nitrogen and oxygen atoms in total. The zero-order valence-corrected chi connectivity index (χ0v) is 11.5. The Morgan fingerprint density at radius 1 is 1.44 bits per heavy atom. The maximum atomic E-state index is 11.6. The van der Waals surface area contributed by atoms with Crippen LogP contribution in [0.15, 0.2) is 0 Å². The molecule has 0 aliphatic heterocycles. The molecule has 0 saturated carbocycles. The van der Waals surface area contributed by atoms with Crippen LogP contribution in [0.2, 0.25) is 0 Å². The number of carbonyl (C=O) groups is 3. The van der Waals surface area contributed by atoms with Crippen LogP contribution < -0.4 is 5.32 Å². The Balaban J connectivity index is 4.31. The molecule has 0 radical (unpaired) electrons. The molecule has 2 amide bonds. The topological polar surface area (TPSA) is 95.9 Å². The van der Waals surface area contributed by atoms with Gasteiger partial charge < -0.3 is 20.1 Å². The summed E-state index contributed by atoms with van der Waals surface area (Å²) in [7, 11) is 2.60. The van der Waals surface area contributed by atoms with Gasteiger partial charge in [-0.25, -0.2) is 9.59 Å². The summed E-state index contributed by atoms with van der Waals surface area (Å²) in [6, 6.07) is -1.57. The number of aliphatic carboxylic acids is 1. The van der Waals surface area contributed by atoms with Crippen LogP contribution in [0.5, 0.6) is 0 Å². The predicted octanol–water partition coefficient (Wildman–Crippen LogP) is 0.00710. The van der Waals surface area contributed by atoms with Crippen molar-refractivity contribution in [3.63, 3.8) is 0 Å². The number of amides is 2. The van der Waals surface area contributed by atoms with Gasteiger partial charge in [-0.2, -0.15) is 11.8 Å². The van der Waals surface area contributed by atoms with E-state index in [2.05, 4.69) is 10.1 Å². The van der Waals surface area contributed by atoms with Crippen molar-refractivity contribution >= 4 is 29.7 Å². The lowest BCUT2D eigenvalue weighted by molar-refractivity contribution is -0.141. The lowest BCUT2D eigenvalue weighted by atomic mass is 10.2. The lowest BCUT2D eigenvalue weighted by Crippen LogP contribution is -2.48. The molecule has 0 unspecified atom stereocenters. The highest BCUT2D eigenvalue weighted by Crippen LogP contribution is 2.01. The molecule has 0 rings (SSSR count). The van der Waals surface area contributed by atoms with Gasteiger partial charge in [-0.15, -0.1) is 0 Å². The minimum absolute atomic E-state index is 0.225. The smallest absolute Gasteiger partial charge is 0.326 e. The van der Waals surface area contributed by atoms with E-state index in [4.69, 9.17) is 5.11 Å². The van der Waals surface area contributed by atoms with Gasteiger partial charge in [-0.05, 0) is 18.4 Å². The number of urea groups is 1. The molecule has 8 heteroatoms. The van der Waals surface area contributed by atoms with Crippen LogP contribution in [0.1, 0.15) is 6.42 Å². The fraction of sp³-hybridized carbons (Fsp3) is 0.700. The molecule has 1 atom stereocenters. The summed E-state index contributed by atoms with van der Waals surface area (Å²) < 4.78 is 4.41. The number of ether oxygens (including phenoxy) is 1. The summed E-state index contributed by atoms with van der Waals surface area (Å²) >= 11 is 1.49. The fourth-order valence-corrected chi connectivity index (χ4v) is 1.55. The number of carboxylic acid groups (broad SMARTS) is 1. The predicted molar refractivity (Wildman–Crippen MR) is 67.6 cm³/mol. The lowest BCUT2D eigenvalue weighted by Gasteiger charge is -2.20. The average molecular weight is 278 g/mol. The molecule has 0 aliphatic carbocycles. The normalized spacial score (nSPS) is 11.5. The summed E-state index contributed by atoms with van der Waals surface area (Å²) in [5.74, 6) is -1.04. The number of nitrogens with zero attached hydrogens (tertiary/aromatic N) is 1. The molecule has 0 fully saturated rings. The van der Waals surface area contributed by atoms with E-state index < -0.39 is 24.0 Å². The molecule has 0 aromatic rings. The molecule has 0 saturated heterocycles. The van der Waals surface area contributed by atoms with E-state index in [9.17, 15) is 14.4 Å². The van der Waals surface area contributed by atoms with Crippen LogP contribution in [-0.2, 0) is 14.3 Å². The van der Waals surface area contributed by atoms with E-state index in [0.717, 1.165) is 4.90 Å². The number of hydrogen-bond acceptors (Lipinski definition) is 5. The minimum Gasteiger partial charge on any atom is -0.480 e. The quantitative estimate of drug-likeness (QED) is 0.637. The summed E-state index contributed by atoms with van der Waals surface area (Å²) in [6.45, 7) is -0.225. The first kappa shape index (κ1) is 16.6. The number of rotatable bonds is 7. The Morgan fingerprint density at radius 3 is 2.50 bits per heavy atom. The molecular weight excluding hydrogens is 260 g/mol. The number of carbonyl (C=O) groups excluding carboxylic acids is 2. The number of methoxy groups -OCH3 is 1.